The summed E-state index contributed by atoms with van der Waals surface area (Å²) in [4.78, 5) is 16.9. The van der Waals surface area contributed by atoms with Crippen LogP contribution < -0.4 is 14.8 Å². The Morgan fingerprint density at radius 1 is 1.15 bits per heavy atom. The molecule has 3 rings (SSSR count). The van der Waals surface area contributed by atoms with Gasteiger partial charge in [0, 0.05) is 24.2 Å². The number of aryl methyl sites for hydroxylation is 1. The molecule has 1 aromatic heterocycles. The summed E-state index contributed by atoms with van der Waals surface area (Å²) in [6.45, 7) is 1.75. The number of rotatable bonds is 5. The van der Waals surface area contributed by atoms with E-state index in [4.69, 9.17) is 25.5 Å². The number of nitrogens with zero attached hydrogens (tertiary/aromatic N) is 1. The lowest BCUT2D eigenvalue weighted by Crippen LogP contribution is -2.13. The Hall–Kier alpha value is -2.99. The number of hydrogen-bond acceptors (Lipinski definition) is 5. The lowest BCUT2D eigenvalue weighted by Gasteiger charge is -2.12. The monoisotopic (exact) mass is 372 g/mol. The van der Waals surface area contributed by atoms with Gasteiger partial charge >= 0.3 is 0 Å². The number of oxazole rings is 1. The second-order valence-electron chi connectivity index (χ2n) is 5.47. The zero-order valence-corrected chi connectivity index (χ0v) is 15.3. The van der Waals surface area contributed by atoms with Crippen molar-refractivity contribution in [3.63, 3.8) is 0 Å². The topological polar surface area (TPSA) is 73.6 Å². The smallest absolute Gasteiger partial charge is 0.259 e. The van der Waals surface area contributed by atoms with Crippen LogP contribution in [0.15, 0.2) is 47.1 Å². The van der Waals surface area contributed by atoms with E-state index in [0.717, 1.165) is 0 Å². The molecular weight excluding hydrogens is 356 g/mol. The van der Waals surface area contributed by atoms with Crippen molar-refractivity contribution in [2.75, 3.05) is 19.5 Å². The highest BCUT2D eigenvalue weighted by atomic mass is 35.5. The van der Waals surface area contributed by atoms with E-state index in [-0.39, 0.29) is 5.91 Å². The fourth-order valence-corrected chi connectivity index (χ4v) is 2.69. The molecule has 0 unspecified atom stereocenters. The summed E-state index contributed by atoms with van der Waals surface area (Å²) in [7, 11) is 3.05. The number of methoxy groups -OCH3 is 2. The molecule has 134 valence electrons. The van der Waals surface area contributed by atoms with Gasteiger partial charge in [-0.1, -0.05) is 11.6 Å². The van der Waals surface area contributed by atoms with Crippen LogP contribution in [0.25, 0.3) is 11.3 Å². The van der Waals surface area contributed by atoms with E-state index >= 15 is 0 Å². The van der Waals surface area contributed by atoms with Crippen molar-refractivity contribution in [1.29, 1.82) is 0 Å². The molecule has 0 aliphatic heterocycles. The molecule has 0 saturated carbocycles. The molecule has 1 heterocycles. The second-order valence-corrected chi connectivity index (χ2v) is 5.87. The van der Waals surface area contributed by atoms with E-state index < -0.39 is 0 Å². The SMILES string of the molecule is COc1ccc(C(=O)Nc2ccc(Cl)c(-c3coc(C)n3)c2)c(OC)c1. The Balaban J connectivity index is 1.88. The maximum atomic E-state index is 12.6. The van der Waals surface area contributed by atoms with Gasteiger partial charge in [0.2, 0.25) is 0 Å². The summed E-state index contributed by atoms with van der Waals surface area (Å²) >= 11 is 6.25. The van der Waals surface area contributed by atoms with E-state index in [9.17, 15) is 4.79 Å². The summed E-state index contributed by atoms with van der Waals surface area (Å²) < 4.78 is 15.7. The number of benzene rings is 2. The normalized spacial score (nSPS) is 10.5. The zero-order chi connectivity index (χ0) is 18.7. The molecular formula is C19H17ClN2O4. The predicted octanol–water partition coefficient (Wildman–Crippen LogP) is 4.57. The highest BCUT2D eigenvalue weighted by Crippen LogP contribution is 2.31. The van der Waals surface area contributed by atoms with Crippen LogP contribution in [-0.2, 0) is 0 Å². The van der Waals surface area contributed by atoms with Crippen LogP contribution in [0.5, 0.6) is 11.5 Å². The molecule has 0 aliphatic carbocycles. The van der Waals surface area contributed by atoms with Crippen LogP contribution in [0.1, 0.15) is 16.2 Å². The summed E-state index contributed by atoms with van der Waals surface area (Å²) in [5, 5.41) is 3.35. The first kappa shape index (κ1) is 17.8. The number of amides is 1. The van der Waals surface area contributed by atoms with Crippen molar-refractivity contribution in [2.24, 2.45) is 0 Å². The van der Waals surface area contributed by atoms with Gasteiger partial charge in [-0.15, -0.1) is 0 Å². The minimum Gasteiger partial charge on any atom is -0.497 e. The number of carbonyl (C=O) groups excluding carboxylic acids is 1. The summed E-state index contributed by atoms with van der Waals surface area (Å²) in [5.41, 5.74) is 2.24. The molecule has 0 aliphatic rings. The minimum absolute atomic E-state index is 0.311. The van der Waals surface area contributed by atoms with Gasteiger partial charge in [-0.3, -0.25) is 4.79 Å². The number of hydrogen-bond donors (Lipinski definition) is 1. The molecule has 6 nitrogen and oxygen atoms in total. The Labute approximate surface area is 155 Å². The minimum atomic E-state index is -0.311. The summed E-state index contributed by atoms with van der Waals surface area (Å²) in [6.07, 6.45) is 1.52. The first-order valence-corrected chi connectivity index (χ1v) is 8.15. The van der Waals surface area contributed by atoms with Crippen LogP contribution in [0.4, 0.5) is 5.69 Å². The molecule has 0 saturated heterocycles. The number of halogens is 1. The van der Waals surface area contributed by atoms with Crippen molar-refractivity contribution < 1.29 is 18.7 Å². The highest BCUT2D eigenvalue weighted by Gasteiger charge is 2.15. The van der Waals surface area contributed by atoms with E-state index in [1.807, 2.05) is 0 Å². The van der Waals surface area contributed by atoms with Gasteiger partial charge in [-0.05, 0) is 30.3 Å². The number of aromatic nitrogens is 1. The van der Waals surface area contributed by atoms with Gasteiger partial charge in [-0.25, -0.2) is 4.98 Å². The van der Waals surface area contributed by atoms with Crippen LogP contribution in [0.3, 0.4) is 0 Å². The fraction of sp³-hybridized carbons (Fsp3) is 0.158. The Bertz CT molecular complexity index is 952. The van der Waals surface area contributed by atoms with E-state index in [1.54, 1.807) is 50.4 Å². The molecule has 0 spiro atoms. The summed E-state index contributed by atoms with van der Waals surface area (Å²) in [6, 6.07) is 10.1. The maximum absolute atomic E-state index is 12.6. The van der Waals surface area contributed by atoms with Gasteiger partial charge in [0.1, 0.15) is 23.5 Å². The molecule has 0 bridgehead atoms. The predicted molar refractivity (Wildman–Crippen MR) is 99.2 cm³/mol. The molecule has 3 aromatic rings. The van der Waals surface area contributed by atoms with Gasteiger partial charge in [0.05, 0.1) is 24.8 Å². The Morgan fingerprint density at radius 3 is 2.62 bits per heavy atom. The average Bonchev–Trinajstić information content (AvgIpc) is 3.08. The standard InChI is InChI=1S/C19H17ClN2O4/c1-11-21-17(10-26-11)15-8-12(4-7-16(15)20)22-19(23)14-6-5-13(24-2)9-18(14)25-3/h4-10H,1-3H3,(H,22,23). The Morgan fingerprint density at radius 2 is 1.96 bits per heavy atom. The third-order valence-corrected chi connectivity index (χ3v) is 4.10. The third kappa shape index (κ3) is 3.65. The number of carbonyl (C=O) groups is 1. The molecule has 7 heteroatoms. The second kappa shape index (κ2) is 7.49. The van der Waals surface area contributed by atoms with Crippen molar-refractivity contribution in [3.8, 4) is 22.8 Å². The van der Waals surface area contributed by atoms with E-state index in [2.05, 4.69) is 10.3 Å². The molecule has 26 heavy (non-hydrogen) atoms. The van der Waals surface area contributed by atoms with Crippen LogP contribution in [0, 0.1) is 6.92 Å². The molecule has 0 radical (unpaired) electrons. The largest absolute Gasteiger partial charge is 0.497 e. The first-order valence-electron chi connectivity index (χ1n) is 7.77. The summed E-state index contributed by atoms with van der Waals surface area (Å²) in [5.74, 6) is 1.25. The highest BCUT2D eigenvalue weighted by molar-refractivity contribution is 6.33. The number of anilines is 1. The first-order chi connectivity index (χ1) is 12.5. The fourth-order valence-electron chi connectivity index (χ4n) is 2.47. The quantitative estimate of drug-likeness (QED) is 0.710. The van der Waals surface area contributed by atoms with Gasteiger partial charge in [0.25, 0.3) is 5.91 Å². The van der Waals surface area contributed by atoms with Crippen molar-refractivity contribution >= 4 is 23.2 Å². The molecule has 1 amide bonds. The Kier molecular flexibility index (Phi) is 5.14. The van der Waals surface area contributed by atoms with Crippen LogP contribution in [0.2, 0.25) is 5.02 Å². The molecule has 1 N–H and O–H groups in total. The lowest BCUT2D eigenvalue weighted by molar-refractivity contribution is 0.102. The average molecular weight is 373 g/mol. The third-order valence-electron chi connectivity index (χ3n) is 3.77. The van der Waals surface area contributed by atoms with Crippen LogP contribution in [-0.4, -0.2) is 25.1 Å². The van der Waals surface area contributed by atoms with Crippen molar-refractivity contribution in [3.05, 3.63) is 59.1 Å². The van der Waals surface area contributed by atoms with Crippen molar-refractivity contribution in [2.45, 2.75) is 6.92 Å². The molecule has 2 aromatic carbocycles. The molecule has 0 atom stereocenters. The van der Waals surface area contributed by atoms with E-state index in [1.165, 1.54) is 13.4 Å². The zero-order valence-electron chi connectivity index (χ0n) is 14.5. The number of nitrogens with one attached hydrogen (secondary N) is 1. The van der Waals surface area contributed by atoms with Gasteiger partial charge in [-0.2, -0.15) is 0 Å². The number of ether oxygens (including phenoxy) is 2. The van der Waals surface area contributed by atoms with E-state index in [0.29, 0.717) is 44.9 Å². The van der Waals surface area contributed by atoms with Gasteiger partial charge < -0.3 is 19.2 Å². The maximum Gasteiger partial charge on any atom is 0.259 e. The van der Waals surface area contributed by atoms with Crippen molar-refractivity contribution in [1.82, 2.24) is 4.98 Å². The lowest BCUT2D eigenvalue weighted by atomic mass is 10.1. The van der Waals surface area contributed by atoms with Crippen LogP contribution >= 0.6 is 11.6 Å². The van der Waals surface area contributed by atoms with Gasteiger partial charge in [0.15, 0.2) is 5.89 Å². The molecule has 0 fully saturated rings.